The summed E-state index contributed by atoms with van der Waals surface area (Å²) in [4.78, 5) is 3.86. The highest BCUT2D eigenvalue weighted by Gasteiger charge is 1.90. The second-order valence-electron chi connectivity index (χ2n) is 2.37. The van der Waals surface area contributed by atoms with Gasteiger partial charge in [0.25, 0.3) is 10.1 Å². The molecule has 0 atom stereocenters. The Labute approximate surface area is 88.3 Å². The highest BCUT2D eigenvalue weighted by Crippen LogP contribution is 1.86. The quantitative estimate of drug-likeness (QED) is 0.347. The molecular weight excluding hydrogens is 220 g/mol. The fraction of sp³-hybridized carbons (Fsp3) is 0.250. The maximum atomic E-state index is 9.78. The molecule has 84 valence electrons. The van der Waals surface area contributed by atoms with Crippen LogP contribution in [0, 0.1) is 0 Å². The monoisotopic (exact) mass is 232 g/mol. The lowest BCUT2D eigenvalue weighted by Crippen LogP contribution is -1.95. The van der Waals surface area contributed by atoms with Gasteiger partial charge in [-0.1, -0.05) is 11.2 Å². The molecule has 0 aliphatic rings. The Hall–Kier alpha value is -1.47. The zero-order chi connectivity index (χ0) is 11.7. The van der Waals surface area contributed by atoms with Crippen molar-refractivity contribution in [2.75, 3.05) is 13.4 Å². The van der Waals surface area contributed by atoms with Crippen LogP contribution in [0.1, 0.15) is 5.69 Å². The standard InChI is InChI=1S/C6H6N2O.C2H6O3S/c9-8-5-6-3-1-2-4-7-6;1-5-6(2,3)4/h1-5,9H;1-2H3. The first-order valence-electron chi connectivity index (χ1n) is 3.83. The molecule has 7 heteroatoms. The van der Waals surface area contributed by atoms with E-state index in [1.165, 1.54) is 6.21 Å². The number of nitrogens with zero attached hydrogens (tertiary/aromatic N) is 2. The van der Waals surface area contributed by atoms with Crippen LogP contribution in [0.2, 0.25) is 0 Å². The van der Waals surface area contributed by atoms with Gasteiger partial charge in [0.05, 0.1) is 25.3 Å². The third-order valence-corrected chi connectivity index (χ3v) is 1.79. The van der Waals surface area contributed by atoms with Gasteiger partial charge >= 0.3 is 0 Å². The summed E-state index contributed by atoms with van der Waals surface area (Å²) in [6.45, 7) is 0. The summed E-state index contributed by atoms with van der Waals surface area (Å²) >= 11 is 0. The predicted octanol–water partition coefficient (Wildman–Crippen LogP) is 0.482. The molecule has 1 aromatic heterocycles. The Kier molecular flexibility index (Phi) is 6.23. The maximum absolute atomic E-state index is 9.78. The summed E-state index contributed by atoms with van der Waals surface area (Å²) in [7, 11) is -2.04. The highest BCUT2D eigenvalue weighted by atomic mass is 32.2. The molecule has 1 rings (SSSR count). The number of rotatable bonds is 2. The van der Waals surface area contributed by atoms with Crippen LogP contribution >= 0.6 is 0 Å². The van der Waals surface area contributed by atoms with Crippen LogP contribution in [0.15, 0.2) is 29.6 Å². The van der Waals surface area contributed by atoms with Gasteiger partial charge in [0.15, 0.2) is 0 Å². The number of pyridine rings is 1. The van der Waals surface area contributed by atoms with E-state index in [4.69, 9.17) is 5.21 Å². The van der Waals surface area contributed by atoms with Crippen LogP contribution in [0.5, 0.6) is 0 Å². The Morgan fingerprint density at radius 2 is 2.13 bits per heavy atom. The lowest BCUT2D eigenvalue weighted by atomic mass is 10.4. The molecule has 1 heterocycles. The van der Waals surface area contributed by atoms with Crippen LogP contribution < -0.4 is 0 Å². The van der Waals surface area contributed by atoms with Gasteiger partial charge in [-0.25, -0.2) is 0 Å². The molecule has 0 fully saturated rings. The van der Waals surface area contributed by atoms with Gasteiger partial charge in [0.1, 0.15) is 0 Å². The van der Waals surface area contributed by atoms with E-state index >= 15 is 0 Å². The fourth-order valence-corrected chi connectivity index (χ4v) is 0.511. The van der Waals surface area contributed by atoms with Gasteiger partial charge in [-0.15, -0.1) is 0 Å². The molecular formula is C8H12N2O4S. The van der Waals surface area contributed by atoms with Gasteiger partial charge in [0.2, 0.25) is 0 Å². The van der Waals surface area contributed by atoms with E-state index < -0.39 is 10.1 Å². The van der Waals surface area contributed by atoms with Gasteiger partial charge in [-0.05, 0) is 12.1 Å². The summed E-state index contributed by atoms with van der Waals surface area (Å²) in [6.07, 6.45) is 3.91. The first-order chi connectivity index (χ1) is 6.99. The maximum Gasteiger partial charge on any atom is 0.264 e. The van der Waals surface area contributed by atoms with Crippen LogP contribution in [0.4, 0.5) is 0 Å². The molecule has 0 aromatic carbocycles. The largest absolute Gasteiger partial charge is 0.411 e. The van der Waals surface area contributed by atoms with Gasteiger partial charge in [-0.2, -0.15) is 8.42 Å². The minimum Gasteiger partial charge on any atom is -0.411 e. The van der Waals surface area contributed by atoms with Crippen LogP contribution in [-0.2, 0) is 14.3 Å². The zero-order valence-corrected chi connectivity index (χ0v) is 9.18. The molecule has 6 nitrogen and oxygen atoms in total. The lowest BCUT2D eigenvalue weighted by Gasteiger charge is -1.84. The van der Waals surface area contributed by atoms with E-state index in [-0.39, 0.29) is 0 Å². The third kappa shape index (κ3) is 8.85. The van der Waals surface area contributed by atoms with E-state index in [0.29, 0.717) is 5.69 Å². The van der Waals surface area contributed by atoms with Crippen molar-refractivity contribution in [1.82, 2.24) is 4.98 Å². The summed E-state index contributed by atoms with van der Waals surface area (Å²) in [5, 5.41) is 10.9. The molecule has 1 N–H and O–H groups in total. The molecule has 0 bridgehead atoms. The first-order valence-corrected chi connectivity index (χ1v) is 5.65. The Morgan fingerprint density at radius 3 is 2.47 bits per heavy atom. The summed E-state index contributed by atoms with van der Waals surface area (Å²) in [6, 6.07) is 5.37. The normalized spacial score (nSPS) is 10.8. The van der Waals surface area contributed by atoms with E-state index in [0.717, 1.165) is 13.4 Å². The van der Waals surface area contributed by atoms with Crippen LogP contribution in [-0.4, -0.2) is 38.2 Å². The molecule has 0 aliphatic carbocycles. The SMILES string of the molecule is COS(C)(=O)=O.ON=Cc1ccccn1. The number of oxime groups is 1. The Bertz CT molecular complexity index is 388. The van der Waals surface area contributed by atoms with Crippen molar-refractivity contribution in [2.24, 2.45) is 5.16 Å². The number of aromatic nitrogens is 1. The first kappa shape index (κ1) is 13.5. The second-order valence-corrected chi connectivity index (χ2v) is 4.11. The van der Waals surface area contributed by atoms with E-state index in [9.17, 15) is 8.42 Å². The van der Waals surface area contributed by atoms with Crippen molar-refractivity contribution in [3.8, 4) is 0 Å². The molecule has 15 heavy (non-hydrogen) atoms. The van der Waals surface area contributed by atoms with Gasteiger partial charge in [-0.3, -0.25) is 9.17 Å². The average molecular weight is 232 g/mol. The van der Waals surface area contributed by atoms with E-state index in [1.807, 2.05) is 6.07 Å². The molecule has 0 amide bonds. The molecule has 1 aromatic rings. The number of hydrogen-bond acceptors (Lipinski definition) is 6. The van der Waals surface area contributed by atoms with E-state index in [2.05, 4.69) is 14.3 Å². The van der Waals surface area contributed by atoms with Crippen molar-refractivity contribution in [1.29, 1.82) is 0 Å². The van der Waals surface area contributed by atoms with E-state index in [1.54, 1.807) is 18.3 Å². The molecule has 0 saturated heterocycles. The minimum atomic E-state index is -3.16. The zero-order valence-electron chi connectivity index (χ0n) is 8.36. The van der Waals surface area contributed by atoms with Gasteiger partial charge < -0.3 is 5.21 Å². The van der Waals surface area contributed by atoms with Crippen LogP contribution in [0.25, 0.3) is 0 Å². The average Bonchev–Trinajstić information content (AvgIpc) is 2.20. The molecule has 0 unspecified atom stereocenters. The smallest absolute Gasteiger partial charge is 0.264 e. The van der Waals surface area contributed by atoms with Crippen molar-refractivity contribution >= 4 is 16.3 Å². The molecule has 0 saturated carbocycles. The Balaban J connectivity index is 0.000000288. The predicted molar refractivity (Wildman–Crippen MR) is 55.5 cm³/mol. The molecule has 0 spiro atoms. The fourth-order valence-electron chi connectivity index (χ4n) is 0.511. The summed E-state index contributed by atoms with van der Waals surface area (Å²) in [5.41, 5.74) is 0.653. The lowest BCUT2D eigenvalue weighted by molar-refractivity contribution is 0.321. The Morgan fingerprint density at radius 1 is 1.53 bits per heavy atom. The topological polar surface area (TPSA) is 88.9 Å². The minimum absolute atomic E-state index is 0.653. The van der Waals surface area contributed by atoms with Crippen molar-refractivity contribution in [2.45, 2.75) is 0 Å². The molecule has 0 radical (unpaired) electrons. The summed E-state index contributed by atoms with van der Waals surface area (Å²) < 4.78 is 23.5. The van der Waals surface area contributed by atoms with Crippen molar-refractivity contribution < 1.29 is 17.8 Å². The third-order valence-electron chi connectivity index (χ3n) is 1.18. The molecule has 0 aliphatic heterocycles. The number of hydrogen-bond donors (Lipinski definition) is 1. The highest BCUT2D eigenvalue weighted by molar-refractivity contribution is 7.85. The van der Waals surface area contributed by atoms with Crippen molar-refractivity contribution in [3.63, 3.8) is 0 Å². The second kappa shape index (κ2) is 6.91. The van der Waals surface area contributed by atoms with Crippen molar-refractivity contribution in [3.05, 3.63) is 30.1 Å². The van der Waals surface area contributed by atoms with Gasteiger partial charge in [0, 0.05) is 6.20 Å². The van der Waals surface area contributed by atoms with Crippen LogP contribution in [0.3, 0.4) is 0 Å². The summed E-state index contributed by atoms with van der Waals surface area (Å²) in [5.74, 6) is 0.